The Morgan fingerprint density at radius 1 is 1.05 bits per heavy atom. The van der Waals surface area contributed by atoms with E-state index < -0.39 is 0 Å². The second-order valence-electron chi connectivity index (χ2n) is 6.19. The summed E-state index contributed by atoms with van der Waals surface area (Å²) in [4.78, 5) is 2.72. The molecule has 2 fully saturated rings. The van der Waals surface area contributed by atoms with Crippen LogP contribution in [0.2, 0.25) is 0 Å². The van der Waals surface area contributed by atoms with Crippen molar-refractivity contribution in [1.82, 2.24) is 10.2 Å². The molecule has 1 N–H and O–H groups in total. The summed E-state index contributed by atoms with van der Waals surface area (Å²) in [6, 6.07) is 9.94. The van der Waals surface area contributed by atoms with Gasteiger partial charge in [0.1, 0.15) is 0 Å². The first-order valence-corrected chi connectivity index (χ1v) is 7.86. The molecule has 1 aromatic carbocycles. The van der Waals surface area contributed by atoms with Crippen molar-refractivity contribution < 1.29 is 0 Å². The molecule has 0 bridgehead atoms. The summed E-state index contributed by atoms with van der Waals surface area (Å²) in [6.45, 7) is 6.88. The third kappa shape index (κ3) is 3.01. The summed E-state index contributed by atoms with van der Waals surface area (Å²) in [5.74, 6) is 0.876. The van der Waals surface area contributed by atoms with Gasteiger partial charge in [-0.2, -0.15) is 0 Å². The zero-order chi connectivity index (χ0) is 13.1. The van der Waals surface area contributed by atoms with Crippen LogP contribution < -0.4 is 5.32 Å². The van der Waals surface area contributed by atoms with Gasteiger partial charge in [-0.25, -0.2) is 0 Å². The quantitative estimate of drug-likeness (QED) is 0.896. The first kappa shape index (κ1) is 13.1. The van der Waals surface area contributed by atoms with E-state index in [2.05, 4.69) is 41.4 Å². The Hall–Kier alpha value is -0.860. The van der Waals surface area contributed by atoms with Gasteiger partial charge < -0.3 is 5.32 Å². The van der Waals surface area contributed by atoms with Gasteiger partial charge in [0.2, 0.25) is 0 Å². The Labute approximate surface area is 117 Å². The molecule has 19 heavy (non-hydrogen) atoms. The lowest BCUT2D eigenvalue weighted by Gasteiger charge is -2.38. The highest BCUT2D eigenvalue weighted by Crippen LogP contribution is 2.39. The zero-order valence-corrected chi connectivity index (χ0v) is 12.1. The number of aryl methyl sites for hydroxylation is 1. The maximum Gasteiger partial charge on any atom is 0.0377 e. The molecule has 0 aromatic heterocycles. The molecule has 1 saturated heterocycles. The Balaban J connectivity index is 1.83. The molecule has 0 spiro atoms. The topological polar surface area (TPSA) is 15.3 Å². The SMILES string of the molecule is Cc1ccc([C@@H](C2CCCC2)N2CCNCC2)cc1. The lowest BCUT2D eigenvalue weighted by atomic mass is 9.89. The fourth-order valence-corrected chi connectivity index (χ4v) is 3.78. The monoisotopic (exact) mass is 258 g/mol. The number of hydrogen-bond acceptors (Lipinski definition) is 2. The van der Waals surface area contributed by atoms with Gasteiger partial charge in [0.05, 0.1) is 0 Å². The predicted molar refractivity (Wildman–Crippen MR) is 80.3 cm³/mol. The lowest BCUT2D eigenvalue weighted by molar-refractivity contribution is 0.125. The third-order valence-electron chi connectivity index (χ3n) is 4.81. The maximum absolute atomic E-state index is 3.48. The third-order valence-corrected chi connectivity index (χ3v) is 4.81. The maximum atomic E-state index is 3.48. The van der Waals surface area contributed by atoms with Crippen LogP contribution in [0.4, 0.5) is 0 Å². The number of piperazine rings is 1. The summed E-state index contributed by atoms with van der Waals surface area (Å²) in [6.07, 6.45) is 5.70. The zero-order valence-electron chi connectivity index (χ0n) is 12.1. The number of nitrogens with one attached hydrogen (secondary N) is 1. The summed E-state index contributed by atoms with van der Waals surface area (Å²) >= 11 is 0. The van der Waals surface area contributed by atoms with E-state index in [1.165, 1.54) is 44.3 Å². The Bertz CT molecular complexity index is 386. The van der Waals surface area contributed by atoms with Crippen molar-refractivity contribution in [3.8, 4) is 0 Å². The smallest absolute Gasteiger partial charge is 0.0377 e. The summed E-state index contributed by atoms with van der Waals surface area (Å²) in [7, 11) is 0. The molecule has 1 saturated carbocycles. The van der Waals surface area contributed by atoms with Crippen LogP contribution in [-0.2, 0) is 0 Å². The standard InChI is InChI=1S/C17H26N2/c1-14-6-8-16(9-7-14)17(15-4-2-3-5-15)19-12-10-18-11-13-19/h6-9,15,17-18H,2-5,10-13H2,1H3/t17-/m1/s1. The van der Waals surface area contributed by atoms with E-state index in [1.807, 2.05) is 0 Å². The highest BCUT2D eigenvalue weighted by Gasteiger charge is 2.31. The minimum Gasteiger partial charge on any atom is -0.314 e. The molecule has 2 heteroatoms. The number of rotatable bonds is 3. The predicted octanol–water partition coefficient (Wildman–Crippen LogP) is 3.13. The fourth-order valence-electron chi connectivity index (χ4n) is 3.78. The van der Waals surface area contributed by atoms with Crippen molar-refractivity contribution >= 4 is 0 Å². The van der Waals surface area contributed by atoms with Gasteiger partial charge >= 0.3 is 0 Å². The van der Waals surface area contributed by atoms with Crippen molar-refractivity contribution in [2.24, 2.45) is 5.92 Å². The Kier molecular flexibility index (Phi) is 4.19. The number of nitrogens with zero attached hydrogens (tertiary/aromatic N) is 1. The molecule has 3 rings (SSSR count). The average molecular weight is 258 g/mol. The molecule has 2 aliphatic rings. The van der Waals surface area contributed by atoms with E-state index in [0.717, 1.165) is 19.0 Å². The molecule has 1 heterocycles. The minimum absolute atomic E-state index is 0.658. The molecule has 0 amide bonds. The number of hydrogen-bond donors (Lipinski definition) is 1. The van der Waals surface area contributed by atoms with E-state index >= 15 is 0 Å². The van der Waals surface area contributed by atoms with E-state index in [0.29, 0.717) is 6.04 Å². The fraction of sp³-hybridized carbons (Fsp3) is 0.647. The molecule has 2 nitrogen and oxygen atoms in total. The second-order valence-corrected chi connectivity index (χ2v) is 6.19. The van der Waals surface area contributed by atoms with E-state index in [-0.39, 0.29) is 0 Å². The van der Waals surface area contributed by atoms with Crippen molar-refractivity contribution in [3.05, 3.63) is 35.4 Å². The minimum atomic E-state index is 0.658. The highest BCUT2D eigenvalue weighted by atomic mass is 15.2. The molecule has 1 aromatic rings. The van der Waals surface area contributed by atoms with Crippen molar-refractivity contribution in [3.63, 3.8) is 0 Å². The molecule has 0 unspecified atom stereocenters. The number of benzene rings is 1. The Morgan fingerprint density at radius 2 is 1.68 bits per heavy atom. The van der Waals surface area contributed by atoms with Gasteiger partial charge in [0.25, 0.3) is 0 Å². The van der Waals surface area contributed by atoms with Gasteiger partial charge in [-0.1, -0.05) is 42.7 Å². The summed E-state index contributed by atoms with van der Waals surface area (Å²) < 4.78 is 0. The molecule has 0 radical (unpaired) electrons. The molecular formula is C17H26N2. The van der Waals surface area contributed by atoms with Crippen LogP contribution in [0.1, 0.15) is 42.9 Å². The molecule has 1 aliphatic carbocycles. The average Bonchev–Trinajstić information content (AvgIpc) is 2.96. The van der Waals surface area contributed by atoms with Crippen molar-refractivity contribution in [1.29, 1.82) is 0 Å². The van der Waals surface area contributed by atoms with Gasteiger partial charge in [-0.15, -0.1) is 0 Å². The first-order chi connectivity index (χ1) is 9.34. The van der Waals surface area contributed by atoms with Crippen molar-refractivity contribution in [2.45, 2.75) is 38.6 Å². The van der Waals surface area contributed by atoms with Gasteiger partial charge in [0, 0.05) is 32.2 Å². The summed E-state index contributed by atoms with van der Waals surface area (Å²) in [5.41, 5.74) is 2.91. The van der Waals surface area contributed by atoms with Crippen LogP contribution in [-0.4, -0.2) is 31.1 Å². The van der Waals surface area contributed by atoms with E-state index in [4.69, 9.17) is 0 Å². The van der Waals surface area contributed by atoms with Crippen LogP contribution in [0.3, 0.4) is 0 Å². The second kappa shape index (κ2) is 6.06. The van der Waals surface area contributed by atoms with E-state index in [1.54, 1.807) is 5.56 Å². The van der Waals surface area contributed by atoms with Gasteiger partial charge in [-0.3, -0.25) is 4.90 Å². The van der Waals surface area contributed by atoms with Gasteiger partial charge in [0.15, 0.2) is 0 Å². The van der Waals surface area contributed by atoms with Gasteiger partial charge in [-0.05, 0) is 31.2 Å². The Morgan fingerprint density at radius 3 is 2.32 bits per heavy atom. The lowest BCUT2D eigenvalue weighted by Crippen LogP contribution is -2.46. The molecule has 1 aliphatic heterocycles. The van der Waals surface area contributed by atoms with Crippen molar-refractivity contribution in [2.75, 3.05) is 26.2 Å². The van der Waals surface area contributed by atoms with E-state index in [9.17, 15) is 0 Å². The highest BCUT2D eigenvalue weighted by molar-refractivity contribution is 5.25. The normalized spacial score (nSPS) is 23.6. The molecule has 1 atom stereocenters. The van der Waals surface area contributed by atoms with Crippen LogP contribution in [0, 0.1) is 12.8 Å². The summed E-state index contributed by atoms with van der Waals surface area (Å²) in [5, 5.41) is 3.48. The first-order valence-electron chi connectivity index (χ1n) is 7.86. The molecular weight excluding hydrogens is 232 g/mol. The largest absolute Gasteiger partial charge is 0.314 e. The molecule has 104 valence electrons. The van der Waals surface area contributed by atoms with Crippen LogP contribution >= 0.6 is 0 Å². The van der Waals surface area contributed by atoms with Crippen LogP contribution in [0.15, 0.2) is 24.3 Å². The van der Waals surface area contributed by atoms with Crippen LogP contribution in [0.25, 0.3) is 0 Å². The van der Waals surface area contributed by atoms with Crippen LogP contribution in [0.5, 0.6) is 0 Å².